The molecule has 4 nitrogen and oxygen atoms in total. The van der Waals surface area contributed by atoms with Crippen LogP contribution in [0.25, 0.3) is 11.1 Å². The van der Waals surface area contributed by atoms with Gasteiger partial charge in [-0.15, -0.1) is 0 Å². The van der Waals surface area contributed by atoms with Gasteiger partial charge in [-0.3, -0.25) is 4.79 Å². The Morgan fingerprint density at radius 2 is 2.25 bits per heavy atom. The van der Waals surface area contributed by atoms with Gasteiger partial charge in [-0.25, -0.2) is 4.98 Å². The highest BCUT2D eigenvalue weighted by atomic mass is 32.2. The summed E-state index contributed by atoms with van der Waals surface area (Å²) in [6.07, 6.45) is 0. The second kappa shape index (κ2) is 4.57. The monoisotopic (exact) mass is 237 g/mol. The van der Waals surface area contributed by atoms with Gasteiger partial charge in [0.05, 0.1) is 7.11 Å². The van der Waals surface area contributed by atoms with Crippen LogP contribution in [0.5, 0.6) is 0 Å². The Labute approximate surface area is 97.0 Å². The number of nitrogens with zero attached hydrogens (tertiary/aromatic N) is 1. The number of benzene rings is 1. The van der Waals surface area contributed by atoms with Crippen LogP contribution < -0.4 is 0 Å². The summed E-state index contributed by atoms with van der Waals surface area (Å²) in [5, 5.41) is 0.164. The fraction of sp³-hybridized carbons (Fsp3) is 0.273. The van der Waals surface area contributed by atoms with Crippen LogP contribution in [0.3, 0.4) is 0 Å². The van der Waals surface area contributed by atoms with Crippen molar-refractivity contribution in [3.8, 4) is 0 Å². The molecule has 0 aliphatic heterocycles. The van der Waals surface area contributed by atoms with Crippen LogP contribution in [0.1, 0.15) is 6.92 Å². The molecule has 0 bridgehead atoms. The zero-order valence-corrected chi connectivity index (χ0v) is 9.78. The lowest BCUT2D eigenvalue weighted by Crippen LogP contribution is -2.14. The topological polar surface area (TPSA) is 52.3 Å². The number of rotatable bonds is 3. The van der Waals surface area contributed by atoms with Gasteiger partial charge in [-0.05, 0) is 19.1 Å². The minimum Gasteiger partial charge on any atom is -0.468 e. The molecule has 1 atom stereocenters. The molecule has 0 radical (unpaired) electrons. The number of fused-ring (bicyclic) bond motifs is 1. The predicted molar refractivity (Wildman–Crippen MR) is 61.3 cm³/mol. The Bertz CT molecular complexity index is 476. The van der Waals surface area contributed by atoms with Crippen LogP contribution in [-0.4, -0.2) is 23.3 Å². The second-order valence-electron chi connectivity index (χ2n) is 3.23. The van der Waals surface area contributed by atoms with Crippen LogP contribution in [0.2, 0.25) is 0 Å². The molecule has 16 heavy (non-hydrogen) atoms. The van der Waals surface area contributed by atoms with Gasteiger partial charge in [0.15, 0.2) is 5.58 Å². The van der Waals surface area contributed by atoms with E-state index in [1.165, 1.54) is 18.9 Å². The predicted octanol–water partition coefficient (Wildman–Crippen LogP) is 2.48. The number of esters is 1. The number of hydrogen-bond acceptors (Lipinski definition) is 5. The maximum absolute atomic E-state index is 11.2. The van der Waals surface area contributed by atoms with E-state index in [9.17, 15) is 4.79 Å². The lowest BCUT2D eigenvalue weighted by atomic mass is 10.3. The largest absolute Gasteiger partial charge is 0.468 e. The fourth-order valence-corrected chi connectivity index (χ4v) is 2.05. The Hall–Kier alpha value is -1.49. The summed E-state index contributed by atoms with van der Waals surface area (Å²) >= 11 is 1.25. The molecule has 1 heterocycles. The van der Waals surface area contributed by atoms with Gasteiger partial charge in [0.1, 0.15) is 10.8 Å². The molecule has 84 valence electrons. The third-order valence-corrected chi connectivity index (χ3v) is 3.01. The molecular formula is C11H11NO3S. The van der Waals surface area contributed by atoms with Crippen molar-refractivity contribution in [2.24, 2.45) is 0 Å². The SMILES string of the molecule is COC(=O)C(C)Sc1nc2ccccc2o1. The van der Waals surface area contributed by atoms with E-state index in [4.69, 9.17) is 4.42 Å². The highest BCUT2D eigenvalue weighted by Crippen LogP contribution is 2.26. The maximum Gasteiger partial charge on any atom is 0.319 e. The molecule has 5 heteroatoms. The summed E-state index contributed by atoms with van der Waals surface area (Å²) in [5.74, 6) is -0.285. The van der Waals surface area contributed by atoms with Crippen molar-refractivity contribution in [2.45, 2.75) is 17.4 Å². The molecule has 2 aromatic rings. The zero-order valence-electron chi connectivity index (χ0n) is 8.97. The van der Waals surface area contributed by atoms with E-state index in [2.05, 4.69) is 9.72 Å². The van der Waals surface area contributed by atoms with Crippen molar-refractivity contribution < 1.29 is 13.9 Å². The summed E-state index contributed by atoms with van der Waals surface area (Å²) in [5.41, 5.74) is 1.52. The van der Waals surface area contributed by atoms with Crippen molar-refractivity contribution in [1.29, 1.82) is 0 Å². The molecule has 0 aliphatic rings. The standard InChI is InChI=1S/C11H11NO3S/c1-7(10(13)14-2)16-11-12-8-5-3-4-6-9(8)15-11/h3-7H,1-2H3. The third kappa shape index (κ3) is 2.19. The molecule has 2 rings (SSSR count). The quantitative estimate of drug-likeness (QED) is 0.606. The minimum absolute atomic E-state index is 0.285. The van der Waals surface area contributed by atoms with Crippen LogP contribution in [0.4, 0.5) is 0 Å². The molecule has 1 aromatic carbocycles. The van der Waals surface area contributed by atoms with E-state index < -0.39 is 0 Å². The lowest BCUT2D eigenvalue weighted by Gasteiger charge is -2.04. The molecule has 0 fully saturated rings. The number of thioether (sulfide) groups is 1. The normalized spacial score (nSPS) is 12.6. The Morgan fingerprint density at radius 3 is 2.94 bits per heavy atom. The van der Waals surface area contributed by atoms with Crippen molar-refractivity contribution >= 4 is 28.8 Å². The van der Waals surface area contributed by atoms with Gasteiger partial charge < -0.3 is 9.15 Å². The highest BCUT2D eigenvalue weighted by molar-refractivity contribution is 8.00. The van der Waals surface area contributed by atoms with Crippen molar-refractivity contribution in [3.05, 3.63) is 24.3 Å². The van der Waals surface area contributed by atoms with Gasteiger partial charge >= 0.3 is 5.97 Å². The molecule has 0 amide bonds. The molecule has 0 spiro atoms. The summed E-state index contributed by atoms with van der Waals surface area (Å²) < 4.78 is 10.1. The second-order valence-corrected chi connectivity index (χ2v) is 4.52. The van der Waals surface area contributed by atoms with Crippen LogP contribution in [0, 0.1) is 0 Å². The van der Waals surface area contributed by atoms with E-state index in [0.29, 0.717) is 5.22 Å². The first-order chi connectivity index (χ1) is 7.70. The Balaban J connectivity index is 2.18. The zero-order chi connectivity index (χ0) is 11.5. The molecule has 0 saturated carbocycles. The maximum atomic E-state index is 11.2. The molecular weight excluding hydrogens is 226 g/mol. The number of para-hydroxylation sites is 2. The molecule has 0 aliphatic carbocycles. The average molecular weight is 237 g/mol. The molecule has 0 saturated heterocycles. The van der Waals surface area contributed by atoms with Crippen molar-refractivity contribution in [2.75, 3.05) is 7.11 Å². The van der Waals surface area contributed by atoms with Crippen molar-refractivity contribution in [3.63, 3.8) is 0 Å². The summed E-state index contributed by atoms with van der Waals surface area (Å²) in [7, 11) is 1.37. The van der Waals surface area contributed by atoms with E-state index in [1.807, 2.05) is 24.3 Å². The Morgan fingerprint density at radius 1 is 1.50 bits per heavy atom. The van der Waals surface area contributed by atoms with Gasteiger partial charge in [0.2, 0.25) is 0 Å². The smallest absolute Gasteiger partial charge is 0.319 e. The highest BCUT2D eigenvalue weighted by Gasteiger charge is 2.17. The van der Waals surface area contributed by atoms with E-state index >= 15 is 0 Å². The number of carbonyl (C=O) groups is 1. The Kier molecular flexibility index (Phi) is 3.14. The molecule has 1 unspecified atom stereocenters. The van der Waals surface area contributed by atoms with E-state index in [-0.39, 0.29) is 11.2 Å². The number of ether oxygens (including phenoxy) is 1. The number of methoxy groups -OCH3 is 1. The summed E-state index contributed by atoms with van der Waals surface area (Å²) in [6.45, 7) is 1.76. The fourth-order valence-electron chi connectivity index (χ4n) is 1.27. The van der Waals surface area contributed by atoms with Crippen LogP contribution in [0.15, 0.2) is 33.9 Å². The van der Waals surface area contributed by atoms with Gasteiger partial charge in [-0.1, -0.05) is 23.9 Å². The molecule has 1 aromatic heterocycles. The summed E-state index contributed by atoms with van der Waals surface area (Å²) in [6, 6.07) is 7.48. The summed E-state index contributed by atoms with van der Waals surface area (Å²) in [4.78, 5) is 15.5. The lowest BCUT2D eigenvalue weighted by molar-refractivity contribution is -0.139. The van der Waals surface area contributed by atoms with Crippen LogP contribution in [-0.2, 0) is 9.53 Å². The number of hydrogen-bond donors (Lipinski definition) is 0. The first-order valence-electron chi connectivity index (χ1n) is 4.81. The van der Waals surface area contributed by atoms with Gasteiger partial charge in [0, 0.05) is 0 Å². The third-order valence-electron chi connectivity index (χ3n) is 2.08. The number of aromatic nitrogens is 1. The minimum atomic E-state index is -0.321. The van der Waals surface area contributed by atoms with Crippen molar-refractivity contribution in [1.82, 2.24) is 4.98 Å². The van der Waals surface area contributed by atoms with Gasteiger partial charge in [0.25, 0.3) is 5.22 Å². The van der Waals surface area contributed by atoms with Gasteiger partial charge in [-0.2, -0.15) is 0 Å². The molecule has 0 N–H and O–H groups in total. The number of oxazole rings is 1. The first-order valence-corrected chi connectivity index (χ1v) is 5.68. The van der Waals surface area contributed by atoms with Crippen LogP contribution >= 0.6 is 11.8 Å². The first kappa shape index (κ1) is 11.0. The van der Waals surface area contributed by atoms with E-state index in [0.717, 1.165) is 11.1 Å². The number of carbonyl (C=O) groups excluding carboxylic acids is 1. The average Bonchev–Trinajstić information content (AvgIpc) is 2.69. The van der Waals surface area contributed by atoms with E-state index in [1.54, 1.807) is 6.92 Å².